The van der Waals surface area contributed by atoms with Crippen molar-refractivity contribution in [2.24, 2.45) is 0 Å². The molecule has 0 aliphatic carbocycles. The predicted molar refractivity (Wildman–Crippen MR) is 137 cm³/mol. The van der Waals surface area contributed by atoms with E-state index >= 15 is 0 Å². The molecule has 4 rings (SSSR count). The number of pyridine rings is 2. The maximum atomic E-state index is 13.0. The van der Waals surface area contributed by atoms with Crippen LogP contribution in [0.15, 0.2) is 35.8 Å². The fraction of sp³-hybridized carbons (Fsp3) is 0.360. The van der Waals surface area contributed by atoms with Crippen molar-refractivity contribution >= 4 is 34.3 Å². The number of hydrogen-bond donors (Lipinski definition) is 2. The van der Waals surface area contributed by atoms with Crippen LogP contribution in [0.3, 0.4) is 0 Å². The second kappa shape index (κ2) is 12.4. The normalized spacial score (nSPS) is 13.7. The van der Waals surface area contributed by atoms with Crippen LogP contribution in [0, 0.1) is 0 Å². The van der Waals surface area contributed by atoms with Crippen LogP contribution in [0.5, 0.6) is 17.6 Å². The van der Waals surface area contributed by atoms with Crippen LogP contribution >= 0.6 is 11.3 Å². The van der Waals surface area contributed by atoms with Gasteiger partial charge >= 0.3 is 5.97 Å². The molecule has 1 atom stereocenters. The van der Waals surface area contributed by atoms with E-state index in [0.717, 1.165) is 37.3 Å². The molecule has 200 valence electrons. The van der Waals surface area contributed by atoms with Crippen LogP contribution in [0.25, 0.3) is 0 Å². The number of methoxy groups -OCH3 is 1. The summed E-state index contributed by atoms with van der Waals surface area (Å²) >= 11 is 1.11. The second-order valence-electron chi connectivity index (χ2n) is 8.57. The van der Waals surface area contributed by atoms with Crippen molar-refractivity contribution in [3.8, 4) is 17.6 Å². The summed E-state index contributed by atoms with van der Waals surface area (Å²) in [5.41, 5.74) is 0.973. The second-order valence-corrected chi connectivity index (χ2v) is 9.43. The Hall–Kier alpha value is -4.10. The minimum absolute atomic E-state index is 0.0501. The average Bonchev–Trinajstić information content (AvgIpc) is 3.56. The number of hydrogen-bond acceptors (Lipinski definition) is 10. The first-order chi connectivity index (χ1) is 18.3. The Bertz CT molecular complexity index is 1290. The number of likely N-dealkylation sites (tertiary alicyclic amines) is 1. The van der Waals surface area contributed by atoms with Gasteiger partial charge in [-0.25, -0.2) is 9.97 Å². The molecule has 12 nitrogen and oxygen atoms in total. The van der Waals surface area contributed by atoms with Crippen LogP contribution < -0.4 is 14.8 Å². The fourth-order valence-electron chi connectivity index (χ4n) is 3.75. The smallest absolute Gasteiger partial charge is 0.309 e. The highest BCUT2D eigenvalue weighted by Gasteiger charge is 2.20. The zero-order valence-electron chi connectivity index (χ0n) is 20.9. The van der Waals surface area contributed by atoms with E-state index in [1.165, 1.54) is 18.3 Å². The van der Waals surface area contributed by atoms with Gasteiger partial charge in [0.15, 0.2) is 5.13 Å². The van der Waals surface area contributed by atoms with Gasteiger partial charge in [0, 0.05) is 50.0 Å². The molecule has 1 fully saturated rings. The lowest BCUT2D eigenvalue weighted by atomic mass is 10.2. The molecule has 3 aromatic heterocycles. The van der Waals surface area contributed by atoms with Gasteiger partial charge in [0.25, 0.3) is 11.8 Å². The number of carboxylic acids is 1. The van der Waals surface area contributed by atoms with Crippen molar-refractivity contribution in [3.05, 3.63) is 52.7 Å². The lowest BCUT2D eigenvalue weighted by Crippen LogP contribution is -2.27. The summed E-state index contributed by atoms with van der Waals surface area (Å²) in [5, 5.41) is 13.4. The molecule has 1 aliphatic heterocycles. The number of carboxylic acid groups (broad SMARTS) is 1. The van der Waals surface area contributed by atoms with Crippen molar-refractivity contribution in [1.82, 2.24) is 19.9 Å². The minimum Gasteiger partial charge on any atom is -0.481 e. The van der Waals surface area contributed by atoms with Crippen LogP contribution in [-0.4, -0.2) is 75.7 Å². The van der Waals surface area contributed by atoms with E-state index in [4.69, 9.17) is 19.3 Å². The van der Waals surface area contributed by atoms with Crippen molar-refractivity contribution in [2.45, 2.75) is 32.3 Å². The van der Waals surface area contributed by atoms with E-state index in [1.807, 2.05) is 0 Å². The largest absolute Gasteiger partial charge is 0.481 e. The number of rotatable bonds is 11. The Morgan fingerprint density at radius 3 is 2.55 bits per heavy atom. The Morgan fingerprint density at radius 1 is 1.11 bits per heavy atom. The monoisotopic (exact) mass is 541 g/mol. The summed E-state index contributed by atoms with van der Waals surface area (Å²) in [5.74, 6) is -1.25. The molecule has 1 saturated heterocycles. The van der Waals surface area contributed by atoms with E-state index in [0.29, 0.717) is 17.9 Å². The van der Waals surface area contributed by atoms with Crippen molar-refractivity contribution in [3.63, 3.8) is 0 Å². The average molecular weight is 542 g/mol. The zero-order chi connectivity index (χ0) is 27.1. The van der Waals surface area contributed by atoms with Crippen LogP contribution in [0.2, 0.25) is 0 Å². The van der Waals surface area contributed by atoms with Gasteiger partial charge in [0.1, 0.15) is 6.10 Å². The van der Waals surface area contributed by atoms with Gasteiger partial charge in [-0.2, -0.15) is 4.98 Å². The molecule has 3 aromatic rings. The number of carbonyl (C=O) groups is 3. The third kappa shape index (κ3) is 7.23. The summed E-state index contributed by atoms with van der Waals surface area (Å²) in [6.07, 6.45) is 2.84. The quantitative estimate of drug-likeness (QED) is 0.370. The number of ether oxygens (including phenoxy) is 3. The summed E-state index contributed by atoms with van der Waals surface area (Å²) in [6.45, 7) is 3.56. The predicted octanol–water partition coefficient (Wildman–Crippen LogP) is 3.25. The van der Waals surface area contributed by atoms with Gasteiger partial charge in [-0.15, -0.1) is 11.3 Å². The first kappa shape index (κ1) is 26.9. The topological polar surface area (TPSA) is 153 Å². The van der Waals surface area contributed by atoms with Gasteiger partial charge in [-0.05, 0) is 25.8 Å². The summed E-state index contributed by atoms with van der Waals surface area (Å²) < 4.78 is 16.7. The molecule has 13 heteroatoms. The molecule has 0 spiro atoms. The third-order valence-electron chi connectivity index (χ3n) is 5.45. The maximum Gasteiger partial charge on any atom is 0.309 e. The number of aromatic nitrogens is 3. The first-order valence-electron chi connectivity index (χ1n) is 11.9. The SMILES string of the molecule is COC[C@@H](C)Oc1cc(C(=O)Nc2nc(CC(=O)O)cs2)cc(Oc2ccc(C(=O)N3CCCC3)cn2)n1. The standard InChI is InChI=1S/C25H27N5O7S/c1-15(13-35-2)36-20-9-17(23(33)29-25-27-18(14-38-25)11-22(31)32)10-21(28-20)37-19-6-5-16(12-26-19)24(34)30-7-3-4-8-30/h5-6,9-10,12,14-15H,3-4,7-8,11,13H2,1-2H3,(H,31,32)(H,27,29,33)/t15-/m1/s1. The Morgan fingerprint density at radius 2 is 1.87 bits per heavy atom. The van der Waals surface area contributed by atoms with Crippen molar-refractivity contribution < 1.29 is 33.7 Å². The number of nitrogens with zero attached hydrogens (tertiary/aromatic N) is 4. The molecule has 2 N–H and O–H groups in total. The van der Waals surface area contributed by atoms with Gasteiger partial charge < -0.3 is 24.2 Å². The first-order valence-corrected chi connectivity index (χ1v) is 12.8. The number of aliphatic carboxylic acids is 1. The highest BCUT2D eigenvalue weighted by molar-refractivity contribution is 7.14. The molecule has 0 radical (unpaired) electrons. The van der Waals surface area contributed by atoms with E-state index in [-0.39, 0.29) is 46.8 Å². The highest BCUT2D eigenvalue weighted by atomic mass is 32.1. The summed E-state index contributed by atoms with van der Waals surface area (Å²) in [6, 6.07) is 6.06. The molecule has 0 bridgehead atoms. The van der Waals surface area contributed by atoms with Crippen LogP contribution in [0.4, 0.5) is 5.13 Å². The van der Waals surface area contributed by atoms with Gasteiger partial charge in [-0.3, -0.25) is 19.7 Å². The van der Waals surface area contributed by atoms with Gasteiger partial charge in [0.2, 0.25) is 17.6 Å². The number of carbonyl (C=O) groups excluding carboxylic acids is 2. The van der Waals surface area contributed by atoms with Gasteiger partial charge in [-0.1, -0.05) is 0 Å². The number of nitrogens with one attached hydrogen (secondary N) is 1. The lowest BCUT2D eigenvalue weighted by molar-refractivity contribution is -0.136. The number of amides is 2. The molecular weight excluding hydrogens is 514 g/mol. The van der Waals surface area contributed by atoms with Crippen molar-refractivity contribution in [2.75, 3.05) is 32.1 Å². The molecule has 0 unspecified atom stereocenters. The minimum atomic E-state index is -1.02. The zero-order valence-corrected chi connectivity index (χ0v) is 21.7. The van der Waals surface area contributed by atoms with E-state index in [1.54, 1.807) is 36.4 Å². The lowest BCUT2D eigenvalue weighted by Gasteiger charge is -2.15. The number of thiazole rings is 1. The Balaban J connectivity index is 1.52. The van der Waals surface area contributed by atoms with Crippen molar-refractivity contribution in [1.29, 1.82) is 0 Å². The van der Waals surface area contributed by atoms with Gasteiger partial charge in [0.05, 0.1) is 29.8 Å². The Labute approximate surface area is 222 Å². The maximum absolute atomic E-state index is 13.0. The molecular formula is C25H27N5O7S. The summed E-state index contributed by atoms with van der Waals surface area (Å²) in [7, 11) is 1.54. The molecule has 1 aliphatic rings. The summed E-state index contributed by atoms with van der Waals surface area (Å²) in [4.78, 5) is 50.9. The van der Waals surface area contributed by atoms with E-state index in [2.05, 4.69) is 20.3 Å². The van der Waals surface area contributed by atoms with Crippen LogP contribution in [0.1, 0.15) is 46.2 Å². The fourth-order valence-corrected chi connectivity index (χ4v) is 4.45. The molecule has 0 saturated carbocycles. The highest BCUT2D eigenvalue weighted by Crippen LogP contribution is 2.25. The molecule has 38 heavy (non-hydrogen) atoms. The van der Waals surface area contributed by atoms with E-state index < -0.39 is 11.9 Å². The number of anilines is 1. The Kier molecular flexibility index (Phi) is 8.81. The van der Waals surface area contributed by atoms with E-state index in [9.17, 15) is 14.4 Å². The molecule has 4 heterocycles. The third-order valence-corrected chi connectivity index (χ3v) is 6.26. The van der Waals surface area contributed by atoms with Crippen LogP contribution in [-0.2, 0) is 16.0 Å². The molecule has 2 amide bonds. The molecule has 0 aromatic carbocycles.